The molecule has 1 fully saturated rings. The Kier molecular flexibility index (Phi) is 2.79. The summed E-state index contributed by atoms with van der Waals surface area (Å²) in [7, 11) is -3.43. The fourth-order valence-electron chi connectivity index (χ4n) is 1.73. The van der Waals surface area contributed by atoms with Gasteiger partial charge in [-0.3, -0.25) is 4.79 Å². The standard InChI is InChI=1S/C11H12FNO3S/c1-17(15,16)13-11(6-7-11)10(14)8-2-4-9(12)5-3-8/h2-5,13H,6-7H2,1H3. The molecule has 0 spiro atoms. The first-order valence-corrected chi connectivity index (χ1v) is 7.01. The maximum atomic E-state index is 12.7. The molecule has 0 amide bonds. The summed E-state index contributed by atoms with van der Waals surface area (Å²) in [5.74, 6) is -0.731. The first-order chi connectivity index (χ1) is 7.82. The van der Waals surface area contributed by atoms with E-state index in [1.54, 1.807) is 0 Å². The number of ketones is 1. The van der Waals surface area contributed by atoms with Crippen LogP contribution in [0, 0.1) is 5.82 Å². The van der Waals surface area contributed by atoms with Crippen LogP contribution in [-0.2, 0) is 10.0 Å². The van der Waals surface area contributed by atoms with E-state index in [9.17, 15) is 17.6 Å². The Labute approximate surface area is 98.9 Å². The van der Waals surface area contributed by atoms with Gasteiger partial charge in [-0.25, -0.2) is 17.5 Å². The van der Waals surface area contributed by atoms with E-state index in [2.05, 4.69) is 4.72 Å². The van der Waals surface area contributed by atoms with Gasteiger partial charge in [0, 0.05) is 5.56 Å². The predicted octanol–water partition coefficient (Wildman–Crippen LogP) is 1.09. The molecule has 0 saturated heterocycles. The van der Waals surface area contributed by atoms with Gasteiger partial charge >= 0.3 is 0 Å². The molecule has 1 aromatic rings. The van der Waals surface area contributed by atoms with E-state index in [-0.39, 0.29) is 5.78 Å². The van der Waals surface area contributed by atoms with Gasteiger partial charge in [0.2, 0.25) is 10.0 Å². The lowest BCUT2D eigenvalue weighted by atomic mass is 10.0. The fraction of sp³-hybridized carbons (Fsp3) is 0.364. The van der Waals surface area contributed by atoms with Crippen molar-refractivity contribution in [2.75, 3.05) is 6.26 Å². The molecule has 1 aromatic carbocycles. The van der Waals surface area contributed by atoms with E-state index in [0.717, 1.165) is 6.26 Å². The third kappa shape index (κ3) is 2.70. The van der Waals surface area contributed by atoms with Crippen molar-refractivity contribution in [3.05, 3.63) is 35.6 Å². The van der Waals surface area contributed by atoms with Crippen LogP contribution in [0.4, 0.5) is 4.39 Å². The minimum Gasteiger partial charge on any atom is -0.292 e. The van der Waals surface area contributed by atoms with Gasteiger partial charge < -0.3 is 0 Å². The van der Waals surface area contributed by atoms with Crippen molar-refractivity contribution in [1.82, 2.24) is 4.72 Å². The van der Waals surface area contributed by atoms with Crippen molar-refractivity contribution >= 4 is 15.8 Å². The number of sulfonamides is 1. The number of Topliss-reactive ketones (excluding diaryl/α,β-unsaturated/α-hetero) is 1. The van der Waals surface area contributed by atoms with Crippen molar-refractivity contribution in [2.24, 2.45) is 0 Å². The van der Waals surface area contributed by atoms with Gasteiger partial charge in [0.15, 0.2) is 5.78 Å². The average molecular weight is 257 g/mol. The van der Waals surface area contributed by atoms with Crippen molar-refractivity contribution in [1.29, 1.82) is 0 Å². The Morgan fingerprint density at radius 2 is 1.82 bits per heavy atom. The average Bonchev–Trinajstić information content (AvgIpc) is 2.96. The summed E-state index contributed by atoms with van der Waals surface area (Å²) < 4.78 is 37.4. The normalized spacial score (nSPS) is 17.8. The minimum absolute atomic E-state index is 0.303. The quantitative estimate of drug-likeness (QED) is 0.821. The molecule has 1 N–H and O–H groups in total. The highest BCUT2D eigenvalue weighted by Crippen LogP contribution is 2.39. The second-order valence-electron chi connectivity index (χ2n) is 4.29. The molecular weight excluding hydrogens is 245 g/mol. The Morgan fingerprint density at radius 1 is 1.29 bits per heavy atom. The van der Waals surface area contributed by atoms with Crippen LogP contribution in [0.2, 0.25) is 0 Å². The fourth-order valence-corrected chi connectivity index (χ4v) is 2.74. The van der Waals surface area contributed by atoms with Crippen LogP contribution in [-0.4, -0.2) is 26.0 Å². The van der Waals surface area contributed by atoms with E-state index in [1.807, 2.05) is 0 Å². The first kappa shape index (κ1) is 12.2. The van der Waals surface area contributed by atoms with Gasteiger partial charge in [-0.1, -0.05) is 0 Å². The molecule has 2 rings (SSSR count). The van der Waals surface area contributed by atoms with Gasteiger partial charge in [0.1, 0.15) is 5.82 Å². The molecule has 6 heteroatoms. The van der Waals surface area contributed by atoms with E-state index in [0.29, 0.717) is 18.4 Å². The molecule has 92 valence electrons. The van der Waals surface area contributed by atoms with Crippen LogP contribution in [0.15, 0.2) is 24.3 Å². The monoisotopic (exact) mass is 257 g/mol. The maximum absolute atomic E-state index is 12.7. The third-order valence-electron chi connectivity index (χ3n) is 2.67. The van der Waals surface area contributed by atoms with Crippen LogP contribution in [0.25, 0.3) is 0 Å². The second-order valence-corrected chi connectivity index (χ2v) is 6.04. The maximum Gasteiger partial charge on any atom is 0.209 e. The zero-order valence-corrected chi connectivity index (χ0v) is 10.1. The Hall–Kier alpha value is -1.27. The lowest BCUT2D eigenvalue weighted by molar-refractivity contribution is 0.0940. The van der Waals surface area contributed by atoms with Crippen LogP contribution in [0.1, 0.15) is 23.2 Å². The molecule has 1 aliphatic carbocycles. The Balaban J connectivity index is 2.23. The van der Waals surface area contributed by atoms with Gasteiger partial charge in [-0.15, -0.1) is 0 Å². The third-order valence-corrected chi connectivity index (χ3v) is 3.43. The smallest absolute Gasteiger partial charge is 0.209 e. The number of carbonyl (C=O) groups excluding carboxylic acids is 1. The number of halogens is 1. The van der Waals surface area contributed by atoms with Crippen molar-refractivity contribution in [2.45, 2.75) is 18.4 Å². The van der Waals surface area contributed by atoms with Gasteiger partial charge in [-0.05, 0) is 37.1 Å². The van der Waals surface area contributed by atoms with E-state index < -0.39 is 21.4 Å². The van der Waals surface area contributed by atoms with Gasteiger partial charge in [0.25, 0.3) is 0 Å². The summed E-state index contributed by atoms with van der Waals surface area (Å²) in [4.78, 5) is 12.1. The molecule has 0 aromatic heterocycles. The molecule has 0 atom stereocenters. The summed E-state index contributed by atoms with van der Waals surface area (Å²) in [6.07, 6.45) is 1.98. The number of nitrogens with one attached hydrogen (secondary N) is 1. The van der Waals surface area contributed by atoms with Crippen LogP contribution in [0.5, 0.6) is 0 Å². The first-order valence-electron chi connectivity index (χ1n) is 5.12. The number of rotatable bonds is 4. The van der Waals surface area contributed by atoms with Gasteiger partial charge in [0.05, 0.1) is 11.8 Å². The lowest BCUT2D eigenvalue weighted by Gasteiger charge is -2.14. The van der Waals surface area contributed by atoms with Crippen molar-refractivity contribution in [3.63, 3.8) is 0 Å². The lowest BCUT2D eigenvalue weighted by Crippen LogP contribution is -2.42. The summed E-state index contributed by atoms with van der Waals surface area (Å²) in [5, 5.41) is 0. The molecular formula is C11H12FNO3S. The van der Waals surface area contributed by atoms with Crippen molar-refractivity contribution in [3.8, 4) is 0 Å². The summed E-state index contributed by atoms with van der Waals surface area (Å²) in [6.45, 7) is 0. The highest BCUT2D eigenvalue weighted by Gasteiger charge is 2.51. The molecule has 0 unspecified atom stereocenters. The zero-order chi connectivity index (χ0) is 12.7. The Morgan fingerprint density at radius 3 is 2.24 bits per heavy atom. The van der Waals surface area contributed by atoms with Crippen molar-refractivity contribution < 1.29 is 17.6 Å². The molecule has 4 nitrogen and oxygen atoms in total. The number of hydrogen-bond donors (Lipinski definition) is 1. The summed E-state index contributed by atoms with van der Waals surface area (Å²) in [5.41, 5.74) is -0.689. The second kappa shape index (κ2) is 3.89. The zero-order valence-electron chi connectivity index (χ0n) is 9.23. The molecule has 1 saturated carbocycles. The highest BCUT2D eigenvalue weighted by molar-refractivity contribution is 7.88. The molecule has 0 radical (unpaired) electrons. The summed E-state index contributed by atoms with van der Waals surface area (Å²) >= 11 is 0. The Bertz CT molecular complexity index is 547. The molecule has 17 heavy (non-hydrogen) atoms. The number of carbonyl (C=O) groups is 1. The molecule has 0 heterocycles. The van der Waals surface area contributed by atoms with Gasteiger partial charge in [-0.2, -0.15) is 0 Å². The highest BCUT2D eigenvalue weighted by atomic mass is 32.2. The minimum atomic E-state index is -3.43. The van der Waals surface area contributed by atoms with E-state index in [1.165, 1.54) is 24.3 Å². The predicted molar refractivity (Wildman–Crippen MR) is 60.7 cm³/mol. The van der Waals surface area contributed by atoms with E-state index >= 15 is 0 Å². The topological polar surface area (TPSA) is 63.2 Å². The summed E-state index contributed by atoms with van der Waals surface area (Å²) in [6, 6.07) is 5.09. The molecule has 1 aliphatic rings. The number of benzene rings is 1. The molecule has 0 bridgehead atoms. The SMILES string of the molecule is CS(=O)(=O)NC1(C(=O)c2ccc(F)cc2)CC1. The van der Waals surface area contributed by atoms with Crippen LogP contribution >= 0.6 is 0 Å². The van der Waals surface area contributed by atoms with Crippen LogP contribution in [0.3, 0.4) is 0 Å². The molecule has 0 aliphatic heterocycles. The largest absolute Gasteiger partial charge is 0.292 e. The van der Waals surface area contributed by atoms with E-state index in [4.69, 9.17) is 0 Å². The number of hydrogen-bond acceptors (Lipinski definition) is 3. The van der Waals surface area contributed by atoms with Crippen LogP contribution < -0.4 is 4.72 Å².